The van der Waals surface area contributed by atoms with Crippen molar-refractivity contribution in [2.75, 3.05) is 26.6 Å². The third-order valence-corrected chi connectivity index (χ3v) is 8.05. The zero-order chi connectivity index (χ0) is 23.4. The topological polar surface area (TPSA) is 117 Å². The maximum Gasteiger partial charge on any atom is 0.225 e. The van der Waals surface area contributed by atoms with E-state index in [0.29, 0.717) is 63.9 Å². The molecule has 4 fully saturated rings. The standard InChI is InChI=1S/C25H30N6O3/c1-32-19-8-13(9-20(33-2)23(19)34-3)17-10-27-24-18(29-17)11-28-25(31-24)30-22-15-5-12-4-14(7-15)21(26)16(22)6-12/h8-12,14-16,21-22H,4-7,26H2,1-3H3,(H,27,28,30,31). The van der Waals surface area contributed by atoms with E-state index in [0.717, 1.165) is 11.5 Å². The fourth-order valence-electron chi connectivity index (χ4n) is 6.59. The number of nitrogens with zero attached hydrogens (tertiary/aromatic N) is 4. The number of anilines is 1. The van der Waals surface area contributed by atoms with E-state index in [1.807, 2.05) is 12.1 Å². The largest absolute Gasteiger partial charge is 0.493 e. The van der Waals surface area contributed by atoms with Crippen LogP contribution in [0.4, 0.5) is 5.95 Å². The van der Waals surface area contributed by atoms with Gasteiger partial charge in [-0.05, 0) is 61.5 Å². The number of nitrogens with one attached hydrogen (secondary N) is 1. The molecule has 3 N–H and O–H groups in total. The summed E-state index contributed by atoms with van der Waals surface area (Å²) in [5.41, 5.74) is 9.25. The highest BCUT2D eigenvalue weighted by atomic mass is 16.5. The van der Waals surface area contributed by atoms with E-state index in [4.69, 9.17) is 24.9 Å². The highest BCUT2D eigenvalue weighted by Gasteiger charge is 2.52. The van der Waals surface area contributed by atoms with Crippen molar-refractivity contribution in [2.45, 2.75) is 37.8 Å². The molecule has 4 aliphatic carbocycles. The molecule has 2 aromatic heterocycles. The number of aromatic nitrogens is 4. The lowest BCUT2D eigenvalue weighted by molar-refractivity contribution is -0.0113. The Morgan fingerprint density at radius 3 is 2.38 bits per heavy atom. The minimum Gasteiger partial charge on any atom is -0.493 e. The van der Waals surface area contributed by atoms with E-state index in [1.54, 1.807) is 33.7 Å². The van der Waals surface area contributed by atoms with Gasteiger partial charge in [0, 0.05) is 17.6 Å². The summed E-state index contributed by atoms with van der Waals surface area (Å²) >= 11 is 0. The maximum atomic E-state index is 6.60. The van der Waals surface area contributed by atoms with Gasteiger partial charge in [-0.15, -0.1) is 0 Å². The summed E-state index contributed by atoms with van der Waals surface area (Å²) in [6.45, 7) is 0. The van der Waals surface area contributed by atoms with E-state index in [2.05, 4.69) is 20.3 Å². The van der Waals surface area contributed by atoms with Crippen molar-refractivity contribution in [1.82, 2.24) is 19.9 Å². The molecule has 9 heteroatoms. The highest BCUT2D eigenvalue weighted by Crippen LogP contribution is 2.53. The first-order valence-corrected chi connectivity index (χ1v) is 11.9. The smallest absolute Gasteiger partial charge is 0.225 e. The van der Waals surface area contributed by atoms with Crippen LogP contribution in [0.3, 0.4) is 0 Å². The van der Waals surface area contributed by atoms with Crippen LogP contribution in [0, 0.1) is 23.7 Å². The van der Waals surface area contributed by atoms with Gasteiger partial charge in [-0.2, -0.15) is 4.98 Å². The van der Waals surface area contributed by atoms with Crippen LogP contribution >= 0.6 is 0 Å². The summed E-state index contributed by atoms with van der Waals surface area (Å²) in [6.07, 6.45) is 8.49. The third kappa shape index (κ3) is 3.41. The molecule has 3 aromatic rings. The SMILES string of the molecule is COc1cc(-c2cnc3nc(NC4C5CC6CC(C5)C(N)C4C6)ncc3n2)cc(OC)c1OC. The van der Waals surface area contributed by atoms with Crippen molar-refractivity contribution in [3.8, 4) is 28.5 Å². The second kappa shape index (κ2) is 8.23. The molecule has 34 heavy (non-hydrogen) atoms. The molecule has 0 saturated heterocycles. The fraction of sp³-hybridized carbons (Fsp3) is 0.520. The lowest BCUT2D eigenvalue weighted by Crippen LogP contribution is -2.61. The van der Waals surface area contributed by atoms with Gasteiger partial charge in [0.05, 0.1) is 39.4 Å². The van der Waals surface area contributed by atoms with Gasteiger partial charge in [0.25, 0.3) is 0 Å². The number of hydrogen-bond donors (Lipinski definition) is 2. The molecule has 9 nitrogen and oxygen atoms in total. The van der Waals surface area contributed by atoms with Crippen molar-refractivity contribution < 1.29 is 14.2 Å². The summed E-state index contributed by atoms with van der Waals surface area (Å²) in [5.74, 6) is 4.96. The second-order valence-electron chi connectivity index (χ2n) is 9.81. The van der Waals surface area contributed by atoms with Crippen molar-refractivity contribution in [2.24, 2.45) is 29.4 Å². The monoisotopic (exact) mass is 462 g/mol. The lowest BCUT2D eigenvalue weighted by Gasteiger charge is -2.57. The first kappa shape index (κ1) is 21.3. The summed E-state index contributed by atoms with van der Waals surface area (Å²) in [7, 11) is 4.76. The first-order valence-electron chi connectivity index (χ1n) is 11.9. The van der Waals surface area contributed by atoms with Crippen LogP contribution in [-0.4, -0.2) is 53.3 Å². The molecule has 178 valence electrons. The Morgan fingerprint density at radius 2 is 1.65 bits per heavy atom. The normalized spacial score (nSPS) is 29.3. The number of ether oxygens (including phenoxy) is 3. The Bertz CT molecular complexity index is 1210. The first-order chi connectivity index (χ1) is 16.6. The van der Waals surface area contributed by atoms with Crippen molar-refractivity contribution in [3.05, 3.63) is 24.5 Å². The van der Waals surface area contributed by atoms with Crippen LogP contribution in [0.25, 0.3) is 22.4 Å². The molecule has 0 spiro atoms. The molecule has 6 unspecified atom stereocenters. The third-order valence-electron chi connectivity index (χ3n) is 8.05. The highest BCUT2D eigenvalue weighted by molar-refractivity contribution is 5.75. The van der Waals surface area contributed by atoms with Gasteiger partial charge in [0.15, 0.2) is 17.1 Å². The molecule has 0 radical (unpaired) electrons. The molecular formula is C25H30N6O3. The Hall–Kier alpha value is -3.20. The van der Waals surface area contributed by atoms with E-state index < -0.39 is 0 Å². The van der Waals surface area contributed by atoms with Crippen molar-refractivity contribution in [3.63, 3.8) is 0 Å². The van der Waals surface area contributed by atoms with Gasteiger partial charge >= 0.3 is 0 Å². The minimum atomic E-state index is 0.284. The number of fused-ring (bicyclic) bond motifs is 1. The molecule has 4 aliphatic rings. The number of hydrogen-bond acceptors (Lipinski definition) is 9. The van der Waals surface area contributed by atoms with Crippen molar-refractivity contribution >= 4 is 17.1 Å². The predicted molar refractivity (Wildman–Crippen MR) is 128 cm³/mol. The van der Waals surface area contributed by atoms with E-state index in [1.165, 1.54) is 25.7 Å². The average Bonchev–Trinajstić information content (AvgIpc) is 2.87. The number of nitrogens with two attached hydrogens (primary N) is 1. The summed E-state index contributed by atoms with van der Waals surface area (Å²) in [5, 5.41) is 3.62. The van der Waals surface area contributed by atoms with Gasteiger partial charge < -0.3 is 25.3 Å². The van der Waals surface area contributed by atoms with Crippen LogP contribution in [0.1, 0.15) is 25.7 Å². The Kier molecular flexibility index (Phi) is 5.17. The average molecular weight is 463 g/mol. The van der Waals surface area contributed by atoms with Crippen LogP contribution in [0.15, 0.2) is 24.5 Å². The van der Waals surface area contributed by atoms with Gasteiger partial charge in [0.1, 0.15) is 5.52 Å². The molecule has 0 aliphatic heterocycles. The van der Waals surface area contributed by atoms with Gasteiger partial charge in [-0.3, -0.25) is 0 Å². The number of rotatable bonds is 6. The predicted octanol–water partition coefficient (Wildman–Crippen LogP) is 3.29. The number of benzene rings is 1. The van der Waals surface area contributed by atoms with E-state index in [9.17, 15) is 0 Å². The summed E-state index contributed by atoms with van der Waals surface area (Å²) in [4.78, 5) is 18.6. The lowest BCUT2D eigenvalue weighted by atomic mass is 9.52. The zero-order valence-corrected chi connectivity index (χ0v) is 19.7. The molecule has 7 rings (SSSR count). The van der Waals surface area contributed by atoms with E-state index >= 15 is 0 Å². The Labute approximate surface area is 198 Å². The molecule has 4 bridgehead atoms. The molecule has 1 aromatic carbocycles. The van der Waals surface area contributed by atoms with Crippen LogP contribution < -0.4 is 25.3 Å². The minimum absolute atomic E-state index is 0.284. The fourth-order valence-corrected chi connectivity index (χ4v) is 6.59. The Morgan fingerprint density at radius 1 is 0.882 bits per heavy atom. The quantitative estimate of drug-likeness (QED) is 0.569. The molecule has 4 saturated carbocycles. The molecule has 6 atom stereocenters. The van der Waals surface area contributed by atoms with E-state index in [-0.39, 0.29) is 6.04 Å². The molecule has 2 heterocycles. The maximum absolute atomic E-state index is 6.60. The number of methoxy groups -OCH3 is 3. The zero-order valence-electron chi connectivity index (χ0n) is 19.7. The van der Waals surface area contributed by atoms with Crippen molar-refractivity contribution in [1.29, 1.82) is 0 Å². The summed E-state index contributed by atoms with van der Waals surface area (Å²) < 4.78 is 16.4. The summed E-state index contributed by atoms with van der Waals surface area (Å²) in [6, 6.07) is 4.33. The van der Waals surface area contributed by atoms with Crippen LogP contribution in [0.5, 0.6) is 17.2 Å². The molecule has 0 amide bonds. The Balaban J connectivity index is 1.28. The second-order valence-corrected chi connectivity index (χ2v) is 9.81. The van der Waals surface area contributed by atoms with Crippen LogP contribution in [-0.2, 0) is 0 Å². The van der Waals surface area contributed by atoms with Crippen LogP contribution in [0.2, 0.25) is 0 Å². The van der Waals surface area contributed by atoms with Gasteiger partial charge in [-0.1, -0.05) is 0 Å². The molecular weight excluding hydrogens is 432 g/mol. The van der Waals surface area contributed by atoms with Gasteiger partial charge in [-0.25, -0.2) is 15.0 Å². The van der Waals surface area contributed by atoms with Gasteiger partial charge in [0.2, 0.25) is 11.7 Å².